The van der Waals surface area contributed by atoms with Crippen LogP contribution in [0, 0.1) is 18.0 Å². The minimum absolute atomic E-state index is 0.626. The minimum Gasteiger partial charge on any atom is -0.505 e. The number of hydrogen-bond donors (Lipinski definition) is 0. The molecule has 0 aromatic heterocycles. The lowest BCUT2D eigenvalue weighted by molar-refractivity contribution is 0.323. The summed E-state index contributed by atoms with van der Waals surface area (Å²) in [4.78, 5) is 0. The highest BCUT2D eigenvalue weighted by molar-refractivity contribution is 6.94. The van der Waals surface area contributed by atoms with Crippen LogP contribution in [0.4, 0.5) is 0 Å². The summed E-state index contributed by atoms with van der Waals surface area (Å²) in [6.07, 6.45) is 2.20. The molecule has 30 heavy (non-hydrogen) atoms. The maximum Gasteiger partial charge on any atom is 0.225 e. The Balaban J connectivity index is 2.68. The van der Waals surface area contributed by atoms with Crippen molar-refractivity contribution in [1.82, 2.24) is 0 Å². The van der Waals surface area contributed by atoms with Crippen LogP contribution < -0.4 is 5.19 Å². The Labute approximate surface area is 187 Å². The van der Waals surface area contributed by atoms with Gasteiger partial charge >= 0.3 is 0 Å². The molecule has 0 aliphatic carbocycles. The van der Waals surface area contributed by atoms with Gasteiger partial charge in [0.25, 0.3) is 0 Å². The molecular weight excluding hydrogens is 396 g/mol. The Morgan fingerprint density at radius 1 is 0.867 bits per heavy atom. The van der Waals surface area contributed by atoms with E-state index < -0.39 is 16.9 Å². The topological polar surface area (TPSA) is 9.23 Å². The molecule has 3 heteroatoms. The van der Waals surface area contributed by atoms with Crippen LogP contribution in [-0.4, -0.2) is 24.0 Å². The third-order valence-electron chi connectivity index (χ3n) is 6.43. The largest absolute Gasteiger partial charge is 0.505 e. The van der Waals surface area contributed by atoms with E-state index in [4.69, 9.17) is 4.74 Å². The van der Waals surface area contributed by atoms with Crippen LogP contribution in [-0.2, 0) is 4.74 Å². The highest BCUT2D eigenvalue weighted by Gasteiger charge is 2.42. The first-order chi connectivity index (χ1) is 14.2. The van der Waals surface area contributed by atoms with E-state index in [0.29, 0.717) is 16.6 Å². The van der Waals surface area contributed by atoms with Gasteiger partial charge in [-0.1, -0.05) is 102 Å². The molecule has 0 amide bonds. The Morgan fingerprint density at radius 2 is 1.40 bits per heavy atom. The molecule has 1 nitrogen and oxygen atoms in total. The molecule has 0 fully saturated rings. The Kier molecular flexibility index (Phi) is 8.76. The summed E-state index contributed by atoms with van der Waals surface area (Å²) < 4.78 is 6.01. The summed E-state index contributed by atoms with van der Waals surface area (Å²) >= 11 is 0. The van der Waals surface area contributed by atoms with Crippen molar-refractivity contribution < 1.29 is 4.74 Å². The predicted molar refractivity (Wildman–Crippen MR) is 138 cm³/mol. The van der Waals surface area contributed by atoms with Gasteiger partial charge in [-0.05, 0) is 40.4 Å². The van der Waals surface area contributed by atoms with E-state index in [9.17, 15) is 0 Å². The van der Waals surface area contributed by atoms with Crippen LogP contribution in [0.15, 0.2) is 60.0 Å². The minimum atomic E-state index is -1.83. The normalized spacial score (nSPS) is 13.4. The molecular formula is C27H38OSi2. The average molecular weight is 435 g/mol. The van der Waals surface area contributed by atoms with E-state index in [1.54, 1.807) is 7.11 Å². The van der Waals surface area contributed by atoms with Gasteiger partial charge in [0, 0.05) is 0 Å². The van der Waals surface area contributed by atoms with Crippen molar-refractivity contribution in [3.8, 4) is 11.1 Å². The summed E-state index contributed by atoms with van der Waals surface area (Å²) in [5.74, 6) is 0. The van der Waals surface area contributed by atoms with Gasteiger partial charge in [-0.15, -0.1) is 11.1 Å². The average Bonchev–Trinajstić information content (AvgIpc) is 2.70. The van der Waals surface area contributed by atoms with Crippen molar-refractivity contribution in [3.63, 3.8) is 0 Å². The second kappa shape index (κ2) is 10.8. The summed E-state index contributed by atoms with van der Waals surface area (Å²) in [5, 5.41) is 2.41. The van der Waals surface area contributed by atoms with E-state index in [1.165, 1.54) is 16.3 Å². The highest BCUT2D eigenvalue weighted by atomic mass is 28.3. The fourth-order valence-corrected chi connectivity index (χ4v) is 13.3. The van der Waals surface area contributed by atoms with Crippen molar-refractivity contribution in [1.29, 1.82) is 0 Å². The number of ether oxygens (including phenoxy) is 1. The molecule has 0 heterocycles. The molecule has 2 rings (SSSR count). The number of hydrogen-bond acceptors (Lipinski definition) is 1. The first-order valence-electron chi connectivity index (χ1n) is 11.1. The molecule has 0 N–H and O–H groups in total. The summed E-state index contributed by atoms with van der Waals surface area (Å²) in [6, 6.07) is 19.2. The van der Waals surface area contributed by atoms with Crippen molar-refractivity contribution in [2.24, 2.45) is 0 Å². The van der Waals surface area contributed by atoms with E-state index in [-0.39, 0.29) is 0 Å². The molecule has 1 atom stereocenters. The number of aryl methyl sites for hydroxylation is 1. The molecule has 0 saturated carbocycles. The van der Waals surface area contributed by atoms with Gasteiger partial charge in [0.05, 0.1) is 12.5 Å². The van der Waals surface area contributed by atoms with Gasteiger partial charge in [0.15, 0.2) is 0 Å². The van der Waals surface area contributed by atoms with Crippen LogP contribution in [0.25, 0.3) is 6.08 Å². The van der Waals surface area contributed by atoms with E-state index in [1.807, 2.05) is 6.07 Å². The van der Waals surface area contributed by atoms with Gasteiger partial charge in [-0.3, -0.25) is 0 Å². The molecule has 2 aromatic rings. The number of rotatable bonds is 7. The van der Waals surface area contributed by atoms with Gasteiger partial charge in [0.1, 0.15) is 8.07 Å². The lowest BCUT2D eigenvalue weighted by atomic mass is 10.2. The predicted octanol–water partition coefficient (Wildman–Crippen LogP) is 6.42. The van der Waals surface area contributed by atoms with Crippen molar-refractivity contribution in [3.05, 3.63) is 71.1 Å². The van der Waals surface area contributed by atoms with Gasteiger partial charge in [-0.25, -0.2) is 0 Å². The molecule has 0 aliphatic rings. The van der Waals surface area contributed by atoms with Crippen LogP contribution in [0.3, 0.4) is 0 Å². The summed E-state index contributed by atoms with van der Waals surface area (Å²) in [6.45, 7) is 16.5. The standard InChI is InChI=1S/C27H38OSi2/c1-21(2)30(22(3)4,23(5)6)19-18-29(26-17-13-12-14-24(26)7)27(28-8)20-25-15-10-9-11-16-25/h9-17,20-23,29H,1-8H3. The molecule has 0 bridgehead atoms. The third kappa shape index (κ3) is 5.36. The number of benzene rings is 2. The molecule has 0 radical (unpaired) electrons. The molecule has 160 valence electrons. The SMILES string of the molecule is COC(=Cc1ccccc1)[SiH](C#C[Si](C(C)C)(C(C)C)C(C)C)c1ccccc1C. The van der Waals surface area contributed by atoms with Gasteiger partial charge < -0.3 is 4.74 Å². The molecule has 2 aromatic carbocycles. The first kappa shape index (κ1) is 24.2. The zero-order valence-corrected chi connectivity index (χ0v) is 22.1. The smallest absolute Gasteiger partial charge is 0.225 e. The van der Waals surface area contributed by atoms with Crippen molar-refractivity contribution >= 4 is 28.1 Å². The zero-order chi connectivity index (χ0) is 22.3. The fraction of sp³-hybridized carbons (Fsp3) is 0.407. The van der Waals surface area contributed by atoms with Crippen LogP contribution >= 0.6 is 0 Å². The van der Waals surface area contributed by atoms with Crippen LogP contribution in [0.5, 0.6) is 0 Å². The van der Waals surface area contributed by atoms with E-state index >= 15 is 0 Å². The maximum absolute atomic E-state index is 6.01. The van der Waals surface area contributed by atoms with E-state index in [2.05, 4.69) is 114 Å². The molecule has 0 aliphatic heterocycles. The second-order valence-electron chi connectivity index (χ2n) is 9.12. The first-order valence-corrected chi connectivity index (χ1v) is 15.1. The van der Waals surface area contributed by atoms with Gasteiger partial charge in [0.2, 0.25) is 8.80 Å². The zero-order valence-electron chi connectivity index (χ0n) is 20.0. The highest BCUT2D eigenvalue weighted by Crippen LogP contribution is 2.40. The lowest BCUT2D eigenvalue weighted by Gasteiger charge is -2.38. The quantitative estimate of drug-likeness (QED) is 0.278. The Hall–Kier alpha value is -2.03. The monoisotopic (exact) mass is 434 g/mol. The second-order valence-corrected chi connectivity index (χ2v) is 17.0. The maximum atomic E-state index is 6.01. The van der Waals surface area contributed by atoms with Crippen molar-refractivity contribution in [2.45, 2.75) is 65.1 Å². The van der Waals surface area contributed by atoms with E-state index in [0.717, 1.165) is 5.38 Å². The Bertz CT molecular complexity index is 879. The molecule has 0 spiro atoms. The van der Waals surface area contributed by atoms with Gasteiger partial charge in [-0.2, -0.15) is 0 Å². The number of methoxy groups -OCH3 is 1. The summed E-state index contributed by atoms with van der Waals surface area (Å²) in [5.41, 5.74) is 12.2. The summed E-state index contributed by atoms with van der Waals surface area (Å²) in [7, 11) is -1.83. The molecule has 0 saturated heterocycles. The van der Waals surface area contributed by atoms with Crippen LogP contribution in [0.2, 0.25) is 16.6 Å². The lowest BCUT2D eigenvalue weighted by Crippen LogP contribution is -2.44. The van der Waals surface area contributed by atoms with Crippen LogP contribution in [0.1, 0.15) is 52.7 Å². The third-order valence-corrected chi connectivity index (χ3v) is 15.7. The molecule has 1 unspecified atom stereocenters. The van der Waals surface area contributed by atoms with Crippen molar-refractivity contribution in [2.75, 3.05) is 7.11 Å². The Morgan fingerprint density at radius 3 is 1.90 bits per heavy atom. The fourth-order valence-electron chi connectivity index (χ4n) is 4.82.